The largest absolute Gasteiger partial charge is 0.337 e. The van der Waals surface area contributed by atoms with Crippen LogP contribution < -0.4 is 0 Å². The molecule has 0 aromatic carbocycles. The van der Waals surface area contributed by atoms with Crippen molar-refractivity contribution >= 4 is 0 Å². The molecule has 0 saturated heterocycles. The smallest absolute Gasteiger partial charge is 0.0945 e. The maximum atomic E-state index is 4.12. The third kappa shape index (κ3) is 1.34. The number of fused-ring (bicyclic) bond motifs is 2. The molecular weight excluding hydrogens is 184 g/mol. The predicted molar refractivity (Wildman–Crippen MR) is 60.3 cm³/mol. The Labute approximate surface area is 91.7 Å². The van der Waals surface area contributed by atoms with Crippen LogP contribution in [0.1, 0.15) is 33.1 Å². The van der Waals surface area contributed by atoms with Gasteiger partial charge in [-0.3, -0.25) is 0 Å². The van der Waals surface area contributed by atoms with Gasteiger partial charge in [-0.05, 0) is 42.4 Å². The fourth-order valence-corrected chi connectivity index (χ4v) is 3.85. The molecule has 0 amide bonds. The van der Waals surface area contributed by atoms with Crippen molar-refractivity contribution in [2.45, 2.75) is 39.7 Å². The van der Waals surface area contributed by atoms with Crippen LogP contribution in [0.2, 0.25) is 0 Å². The summed E-state index contributed by atoms with van der Waals surface area (Å²) < 4.78 is 2.25. The van der Waals surface area contributed by atoms with Gasteiger partial charge in [0.25, 0.3) is 0 Å². The van der Waals surface area contributed by atoms with Crippen molar-refractivity contribution in [2.24, 2.45) is 23.2 Å². The Balaban J connectivity index is 1.72. The van der Waals surface area contributed by atoms with Gasteiger partial charge in [0.2, 0.25) is 0 Å². The van der Waals surface area contributed by atoms with Crippen LogP contribution in [0, 0.1) is 23.2 Å². The third-order valence-electron chi connectivity index (χ3n) is 5.01. The Morgan fingerprint density at radius 2 is 2.27 bits per heavy atom. The monoisotopic (exact) mass is 204 g/mol. The Hall–Kier alpha value is -0.790. The van der Waals surface area contributed by atoms with Crippen LogP contribution in [0.15, 0.2) is 18.7 Å². The molecule has 2 bridgehead atoms. The Morgan fingerprint density at radius 1 is 1.40 bits per heavy atom. The first-order chi connectivity index (χ1) is 7.18. The lowest BCUT2D eigenvalue weighted by molar-refractivity contribution is -0.108. The number of nitrogens with zero attached hydrogens (tertiary/aromatic N) is 2. The molecule has 4 rings (SSSR count). The summed E-state index contributed by atoms with van der Waals surface area (Å²) in [4.78, 5) is 4.12. The van der Waals surface area contributed by atoms with E-state index < -0.39 is 0 Å². The summed E-state index contributed by atoms with van der Waals surface area (Å²) in [6, 6.07) is 0. The summed E-state index contributed by atoms with van der Waals surface area (Å²) in [7, 11) is 0. The number of imidazole rings is 1. The number of hydrogen-bond acceptors (Lipinski definition) is 1. The zero-order valence-electron chi connectivity index (χ0n) is 9.69. The van der Waals surface area contributed by atoms with Crippen molar-refractivity contribution < 1.29 is 0 Å². The lowest BCUT2D eigenvalue weighted by Gasteiger charge is -2.60. The summed E-state index contributed by atoms with van der Waals surface area (Å²) in [5.74, 6) is 2.86. The molecule has 0 aliphatic heterocycles. The average molecular weight is 204 g/mol. The van der Waals surface area contributed by atoms with Gasteiger partial charge in [-0.1, -0.05) is 13.8 Å². The van der Waals surface area contributed by atoms with E-state index in [1.165, 1.54) is 25.8 Å². The van der Waals surface area contributed by atoms with Crippen LogP contribution >= 0.6 is 0 Å². The summed E-state index contributed by atoms with van der Waals surface area (Å²) in [5, 5.41) is 0. The van der Waals surface area contributed by atoms with Gasteiger partial charge in [-0.2, -0.15) is 0 Å². The molecule has 0 N–H and O–H groups in total. The van der Waals surface area contributed by atoms with E-state index in [2.05, 4.69) is 29.6 Å². The second-order valence-corrected chi connectivity index (χ2v) is 5.96. The van der Waals surface area contributed by atoms with E-state index in [9.17, 15) is 0 Å². The van der Waals surface area contributed by atoms with E-state index >= 15 is 0 Å². The van der Waals surface area contributed by atoms with Crippen LogP contribution in [0.25, 0.3) is 0 Å². The maximum Gasteiger partial charge on any atom is 0.0945 e. The average Bonchev–Trinajstić information content (AvgIpc) is 2.70. The van der Waals surface area contributed by atoms with Crippen molar-refractivity contribution in [3.63, 3.8) is 0 Å². The first-order valence-electron chi connectivity index (χ1n) is 6.13. The molecule has 3 aliphatic rings. The van der Waals surface area contributed by atoms with Gasteiger partial charge < -0.3 is 4.57 Å². The normalized spacial score (nSPS) is 37.3. The predicted octanol–water partition coefficient (Wildman–Crippen LogP) is 2.96. The molecule has 82 valence electrons. The number of rotatable bonds is 2. The standard InChI is InChI=1S/C13H20N2/c1-13(2)11-4-3-10(12(13)7-11)8-15-6-5-14-9-15/h5-6,9-12H,3-4,7-8H2,1-2H3. The first kappa shape index (κ1) is 9.44. The van der Waals surface area contributed by atoms with Gasteiger partial charge in [0.15, 0.2) is 0 Å². The zero-order chi connectivity index (χ0) is 10.5. The van der Waals surface area contributed by atoms with Crippen molar-refractivity contribution in [1.82, 2.24) is 9.55 Å². The highest BCUT2D eigenvalue weighted by atomic mass is 15.0. The molecule has 3 unspecified atom stereocenters. The van der Waals surface area contributed by atoms with Crippen molar-refractivity contribution in [2.75, 3.05) is 0 Å². The molecular formula is C13H20N2. The van der Waals surface area contributed by atoms with Gasteiger partial charge in [0.05, 0.1) is 6.33 Å². The fourth-order valence-electron chi connectivity index (χ4n) is 3.85. The summed E-state index contributed by atoms with van der Waals surface area (Å²) >= 11 is 0. The summed E-state index contributed by atoms with van der Waals surface area (Å²) in [6.45, 7) is 6.11. The van der Waals surface area contributed by atoms with E-state index in [1.54, 1.807) is 0 Å². The molecule has 1 aromatic heterocycles. The van der Waals surface area contributed by atoms with Crippen molar-refractivity contribution in [3.8, 4) is 0 Å². The minimum atomic E-state index is 0.615. The lowest BCUT2D eigenvalue weighted by Crippen LogP contribution is -2.53. The Kier molecular flexibility index (Phi) is 1.95. The molecule has 1 aromatic rings. The second kappa shape index (κ2) is 3.10. The SMILES string of the molecule is CC1(C)C2CCC(Cn3ccnc3)C1C2. The molecule has 1 heterocycles. The van der Waals surface area contributed by atoms with Crippen LogP contribution in [-0.2, 0) is 6.54 Å². The molecule has 15 heavy (non-hydrogen) atoms. The lowest BCUT2D eigenvalue weighted by atomic mass is 9.45. The van der Waals surface area contributed by atoms with Gasteiger partial charge in [-0.15, -0.1) is 0 Å². The van der Waals surface area contributed by atoms with Gasteiger partial charge in [0, 0.05) is 18.9 Å². The highest BCUT2D eigenvalue weighted by Gasteiger charge is 2.53. The minimum absolute atomic E-state index is 0.615. The molecule has 3 atom stereocenters. The van der Waals surface area contributed by atoms with E-state index in [4.69, 9.17) is 0 Å². The maximum absolute atomic E-state index is 4.12. The van der Waals surface area contributed by atoms with Crippen LogP contribution in [0.5, 0.6) is 0 Å². The van der Waals surface area contributed by atoms with Crippen molar-refractivity contribution in [1.29, 1.82) is 0 Å². The van der Waals surface area contributed by atoms with Crippen LogP contribution in [0.4, 0.5) is 0 Å². The molecule has 2 heteroatoms. The van der Waals surface area contributed by atoms with Gasteiger partial charge >= 0.3 is 0 Å². The molecule has 2 nitrogen and oxygen atoms in total. The minimum Gasteiger partial charge on any atom is -0.337 e. The molecule has 0 spiro atoms. The first-order valence-corrected chi connectivity index (χ1v) is 6.13. The zero-order valence-corrected chi connectivity index (χ0v) is 9.69. The molecule has 3 fully saturated rings. The van der Waals surface area contributed by atoms with E-state index in [-0.39, 0.29) is 0 Å². The number of aromatic nitrogens is 2. The quantitative estimate of drug-likeness (QED) is 0.724. The molecule has 3 saturated carbocycles. The topological polar surface area (TPSA) is 17.8 Å². The van der Waals surface area contributed by atoms with Crippen LogP contribution in [0.3, 0.4) is 0 Å². The van der Waals surface area contributed by atoms with E-state index in [1.807, 2.05) is 12.5 Å². The highest BCUT2D eigenvalue weighted by molar-refractivity contribution is 5.03. The Morgan fingerprint density at radius 3 is 2.87 bits per heavy atom. The second-order valence-electron chi connectivity index (χ2n) is 5.96. The highest BCUT2D eigenvalue weighted by Crippen LogP contribution is 2.61. The fraction of sp³-hybridized carbons (Fsp3) is 0.769. The van der Waals surface area contributed by atoms with Gasteiger partial charge in [0.1, 0.15) is 0 Å². The third-order valence-corrected chi connectivity index (χ3v) is 5.01. The summed E-state index contributed by atoms with van der Waals surface area (Å²) in [6.07, 6.45) is 10.3. The van der Waals surface area contributed by atoms with E-state index in [0.29, 0.717) is 5.41 Å². The summed E-state index contributed by atoms with van der Waals surface area (Å²) in [5.41, 5.74) is 0.615. The van der Waals surface area contributed by atoms with Crippen molar-refractivity contribution in [3.05, 3.63) is 18.7 Å². The van der Waals surface area contributed by atoms with E-state index in [0.717, 1.165) is 17.8 Å². The molecule has 3 aliphatic carbocycles. The Bertz CT molecular complexity index is 337. The van der Waals surface area contributed by atoms with Gasteiger partial charge in [-0.25, -0.2) is 4.98 Å². The van der Waals surface area contributed by atoms with Crippen LogP contribution in [-0.4, -0.2) is 9.55 Å². The molecule has 0 radical (unpaired) electrons. The number of hydrogen-bond donors (Lipinski definition) is 0.